The van der Waals surface area contributed by atoms with Crippen molar-refractivity contribution in [1.29, 1.82) is 0 Å². The molecule has 0 bridgehead atoms. The quantitative estimate of drug-likeness (QED) is 0.808. The molecule has 0 aliphatic heterocycles. The fourth-order valence-electron chi connectivity index (χ4n) is 2.11. The van der Waals surface area contributed by atoms with Gasteiger partial charge in [-0.25, -0.2) is 4.39 Å². The van der Waals surface area contributed by atoms with Crippen LogP contribution in [0.5, 0.6) is 0 Å². The number of pyridine rings is 1. The molecule has 0 saturated heterocycles. The minimum absolute atomic E-state index is 0.216. The van der Waals surface area contributed by atoms with E-state index in [0.29, 0.717) is 11.0 Å². The zero-order valence-corrected chi connectivity index (χ0v) is 13.3. The lowest BCUT2D eigenvalue weighted by Gasteiger charge is -2.21. The monoisotopic (exact) mass is 336 g/mol. The summed E-state index contributed by atoms with van der Waals surface area (Å²) in [6, 6.07) is 11.2. The first kappa shape index (κ1) is 15.1. The van der Waals surface area contributed by atoms with Gasteiger partial charge in [-0.2, -0.15) is 0 Å². The molecule has 2 aromatic rings. The Morgan fingerprint density at radius 2 is 1.90 bits per heavy atom. The Morgan fingerprint density at radius 3 is 2.60 bits per heavy atom. The van der Waals surface area contributed by atoms with Gasteiger partial charge in [0.2, 0.25) is 0 Å². The predicted octanol–water partition coefficient (Wildman–Crippen LogP) is 4.31. The molecule has 1 aromatic heterocycles. The molecule has 20 heavy (non-hydrogen) atoms. The molecule has 0 unspecified atom stereocenters. The van der Waals surface area contributed by atoms with Crippen molar-refractivity contribution in [3.05, 3.63) is 63.6 Å². The highest BCUT2D eigenvalue weighted by atomic mass is 79.9. The van der Waals surface area contributed by atoms with Crippen LogP contribution in [0.15, 0.2) is 40.9 Å². The van der Waals surface area contributed by atoms with E-state index in [1.54, 1.807) is 6.07 Å². The van der Waals surface area contributed by atoms with Gasteiger partial charge in [0.25, 0.3) is 0 Å². The van der Waals surface area contributed by atoms with E-state index in [2.05, 4.69) is 32.7 Å². The van der Waals surface area contributed by atoms with Gasteiger partial charge in [-0.3, -0.25) is 9.88 Å². The summed E-state index contributed by atoms with van der Waals surface area (Å²) in [6.07, 6.45) is 0. The molecule has 2 rings (SSSR count). The van der Waals surface area contributed by atoms with Gasteiger partial charge in [0.15, 0.2) is 0 Å². The molecule has 0 atom stereocenters. The number of hydrogen-bond acceptors (Lipinski definition) is 2. The maximum absolute atomic E-state index is 13.5. The maximum Gasteiger partial charge on any atom is 0.137 e. The molecule has 0 fully saturated rings. The molecule has 0 spiro atoms. The number of aromatic nitrogens is 1. The summed E-state index contributed by atoms with van der Waals surface area (Å²) in [6.45, 7) is 6.44. The lowest BCUT2D eigenvalue weighted by Crippen LogP contribution is -2.23. The summed E-state index contributed by atoms with van der Waals surface area (Å²) in [5.74, 6) is -0.216. The lowest BCUT2D eigenvalue weighted by atomic mass is 10.2. The summed E-state index contributed by atoms with van der Waals surface area (Å²) in [5, 5.41) is 0. The average Bonchev–Trinajstić information content (AvgIpc) is 2.43. The number of rotatable bonds is 5. The molecule has 1 aromatic carbocycles. The number of benzene rings is 1. The summed E-state index contributed by atoms with van der Waals surface area (Å²) >= 11 is 3.32. The van der Waals surface area contributed by atoms with Gasteiger partial charge < -0.3 is 0 Å². The third-order valence-corrected chi connectivity index (χ3v) is 4.09. The Labute approximate surface area is 127 Å². The van der Waals surface area contributed by atoms with Crippen LogP contribution in [0.4, 0.5) is 4.39 Å². The first-order valence-electron chi connectivity index (χ1n) is 6.68. The van der Waals surface area contributed by atoms with Crippen LogP contribution in [0.2, 0.25) is 0 Å². The van der Waals surface area contributed by atoms with Gasteiger partial charge in [0, 0.05) is 18.8 Å². The third-order valence-electron chi connectivity index (χ3n) is 3.20. The van der Waals surface area contributed by atoms with Crippen LogP contribution >= 0.6 is 15.9 Å². The fraction of sp³-hybridized carbons (Fsp3) is 0.312. The fourth-order valence-corrected chi connectivity index (χ4v) is 2.50. The van der Waals surface area contributed by atoms with E-state index in [-0.39, 0.29) is 5.82 Å². The van der Waals surface area contributed by atoms with E-state index in [1.807, 2.05) is 31.2 Å². The lowest BCUT2D eigenvalue weighted by molar-refractivity contribution is 0.267. The second-order valence-electron chi connectivity index (χ2n) is 4.79. The van der Waals surface area contributed by atoms with Crippen molar-refractivity contribution in [2.45, 2.75) is 26.9 Å². The Morgan fingerprint density at radius 1 is 1.15 bits per heavy atom. The Kier molecular flexibility index (Phi) is 5.26. The molecule has 0 aliphatic carbocycles. The second-order valence-corrected chi connectivity index (χ2v) is 5.58. The van der Waals surface area contributed by atoms with Gasteiger partial charge in [-0.1, -0.05) is 25.1 Å². The Balaban J connectivity index is 2.11. The van der Waals surface area contributed by atoms with Crippen molar-refractivity contribution in [3.63, 3.8) is 0 Å². The zero-order valence-electron chi connectivity index (χ0n) is 11.7. The molecule has 2 nitrogen and oxygen atoms in total. The van der Waals surface area contributed by atoms with E-state index in [1.165, 1.54) is 6.07 Å². The number of aryl methyl sites for hydroxylation is 1. The van der Waals surface area contributed by atoms with Crippen molar-refractivity contribution in [2.24, 2.45) is 0 Å². The van der Waals surface area contributed by atoms with Crippen molar-refractivity contribution < 1.29 is 4.39 Å². The Bertz CT molecular complexity index is 586. The minimum atomic E-state index is -0.216. The smallest absolute Gasteiger partial charge is 0.137 e. The zero-order chi connectivity index (χ0) is 14.5. The van der Waals surface area contributed by atoms with Gasteiger partial charge in [0.1, 0.15) is 5.82 Å². The van der Waals surface area contributed by atoms with Gasteiger partial charge in [-0.05, 0) is 53.2 Å². The highest BCUT2D eigenvalue weighted by Gasteiger charge is 2.10. The van der Waals surface area contributed by atoms with Crippen molar-refractivity contribution >= 4 is 15.9 Å². The highest BCUT2D eigenvalue weighted by molar-refractivity contribution is 9.10. The van der Waals surface area contributed by atoms with Gasteiger partial charge in [-0.15, -0.1) is 0 Å². The molecular formula is C16H18BrFN2. The molecule has 4 heteroatoms. The molecule has 106 valence electrons. The third kappa shape index (κ3) is 3.87. The largest absolute Gasteiger partial charge is 0.293 e. The van der Waals surface area contributed by atoms with Crippen LogP contribution in [0.1, 0.15) is 23.9 Å². The SMILES string of the molecule is CCN(Cc1cccc(C)n1)Cc1cccc(F)c1Br. The van der Waals surface area contributed by atoms with E-state index in [0.717, 1.165) is 30.0 Å². The maximum atomic E-state index is 13.5. The van der Waals surface area contributed by atoms with Crippen LogP contribution in [-0.2, 0) is 13.1 Å². The standard InChI is InChI=1S/C16H18BrFN2/c1-3-20(11-14-8-4-6-12(2)19-14)10-13-7-5-9-15(18)16(13)17/h4-9H,3,10-11H2,1-2H3. The topological polar surface area (TPSA) is 16.1 Å². The molecular weight excluding hydrogens is 319 g/mol. The number of nitrogens with zero attached hydrogens (tertiary/aromatic N) is 2. The van der Waals surface area contributed by atoms with Crippen molar-refractivity contribution in [2.75, 3.05) is 6.54 Å². The van der Waals surface area contributed by atoms with E-state index >= 15 is 0 Å². The summed E-state index contributed by atoms with van der Waals surface area (Å²) in [5.41, 5.74) is 3.02. The van der Waals surface area contributed by atoms with Crippen LogP contribution in [0, 0.1) is 12.7 Å². The predicted molar refractivity (Wildman–Crippen MR) is 82.9 cm³/mol. The number of halogens is 2. The molecule has 0 N–H and O–H groups in total. The first-order chi connectivity index (χ1) is 9.60. The highest BCUT2D eigenvalue weighted by Crippen LogP contribution is 2.22. The summed E-state index contributed by atoms with van der Waals surface area (Å²) < 4.78 is 14.1. The summed E-state index contributed by atoms with van der Waals surface area (Å²) in [4.78, 5) is 6.75. The molecule has 0 amide bonds. The average molecular weight is 337 g/mol. The van der Waals surface area contributed by atoms with E-state index in [9.17, 15) is 4.39 Å². The molecule has 0 aliphatic rings. The normalized spacial score (nSPS) is 11.1. The molecule has 0 saturated carbocycles. The molecule has 0 radical (unpaired) electrons. The van der Waals surface area contributed by atoms with Gasteiger partial charge >= 0.3 is 0 Å². The van der Waals surface area contributed by atoms with E-state index < -0.39 is 0 Å². The molecule has 1 heterocycles. The van der Waals surface area contributed by atoms with Crippen molar-refractivity contribution in [3.8, 4) is 0 Å². The van der Waals surface area contributed by atoms with Crippen LogP contribution in [0.3, 0.4) is 0 Å². The summed E-state index contributed by atoms with van der Waals surface area (Å²) in [7, 11) is 0. The van der Waals surface area contributed by atoms with E-state index in [4.69, 9.17) is 0 Å². The van der Waals surface area contributed by atoms with Crippen LogP contribution in [-0.4, -0.2) is 16.4 Å². The van der Waals surface area contributed by atoms with Crippen molar-refractivity contribution in [1.82, 2.24) is 9.88 Å². The van der Waals surface area contributed by atoms with Crippen LogP contribution in [0.25, 0.3) is 0 Å². The first-order valence-corrected chi connectivity index (χ1v) is 7.47. The van der Waals surface area contributed by atoms with Gasteiger partial charge in [0.05, 0.1) is 10.2 Å². The number of hydrogen-bond donors (Lipinski definition) is 0. The Hall–Kier alpha value is -1.26. The second kappa shape index (κ2) is 6.95. The van der Waals surface area contributed by atoms with Crippen LogP contribution < -0.4 is 0 Å². The minimum Gasteiger partial charge on any atom is -0.293 e.